The zero-order valence-corrected chi connectivity index (χ0v) is 15.3. The summed E-state index contributed by atoms with van der Waals surface area (Å²) >= 11 is 0. The summed E-state index contributed by atoms with van der Waals surface area (Å²) in [4.78, 5) is 0. The number of hydrogen-bond acceptors (Lipinski definition) is 3. The molecule has 2 atom stereocenters. The van der Waals surface area contributed by atoms with Gasteiger partial charge in [0.15, 0.2) is 17.9 Å². The number of benzene rings is 1. The molecule has 0 fully saturated rings. The maximum absolute atomic E-state index is 10.2. The first-order chi connectivity index (χ1) is 13.8. The van der Waals surface area contributed by atoms with Gasteiger partial charge in [0.25, 0.3) is 0 Å². The van der Waals surface area contributed by atoms with Crippen molar-refractivity contribution in [3.63, 3.8) is 0 Å². The second-order valence-electron chi connectivity index (χ2n) is 7.76. The first-order valence-corrected chi connectivity index (χ1v) is 9.62. The van der Waals surface area contributed by atoms with E-state index < -0.39 is 0 Å². The highest BCUT2D eigenvalue weighted by molar-refractivity contribution is 5.56. The van der Waals surface area contributed by atoms with Crippen LogP contribution in [-0.4, -0.2) is 5.11 Å². The molecule has 1 aliphatic carbocycles. The molecule has 0 saturated heterocycles. The van der Waals surface area contributed by atoms with E-state index in [9.17, 15) is 5.11 Å². The van der Waals surface area contributed by atoms with Crippen LogP contribution in [0.4, 0.5) is 0 Å². The zero-order chi connectivity index (χ0) is 18.7. The molecule has 4 aromatic rings. The van der Waals surface area contributed by atoms with E-state index in [0.29, 0.717) is 0 Å². The van der Waals surface area contributed by atoms with Gasteiger partial charge in [-0.05, 0) is 23.3 Å². The van der Waals surface area contributed by atoms with Gasteiger partial charge >= 0.3 is 0 Å². The van der Waals surface area contributed by atoms with Crippen molar-refractivity contribution in [3.8, 4) is 0 Å². The Bertz CT molecular complexity index is 1110. The smallest absolute Gasteiger partial charge is 0.190 e. The average Bonchev–Trinajstić information content (AvgIpc) is 3.48. The molecule has 4 heteroatoms. The molecule has 0 amide bonds. The highest BCUT2D eigenvalue weighted by Gasteiger charge is 2.60. The Hall–Kier alpha value is -3.11. The zero-order valence-electron chi connectivity index (χ0n) is 15.3. The lowest BCUT2D eigenvalue weighted by Gasteiger charge is -2.49. The molecule has 0 radical (unpaired) electrons. The van der Waals surface area contributed by atoms with E-state index in [2.05, 4.69) is 53.2 Å². The lowest BCUT2D eigenvalue weighted by molar-refractivity contribution is -0.732. The van der Waals surface area contributed by atoms with Crippen molar-refractivity contribution in [1.29, 1.82) is 0 Å². The molecule has 3 aromatic heterocycles. The highest BCUT2D eigenvalue weighted by Crippen LogP contribution is 2.60. The summed E-state index contributed by atoms with van der Waals surface area (Å²) in [5.74, 6) is 0.0623. The number of pyridine rings is 1. The number of rotatable bonds is 3. The Labute approximate surface area is 162 Å². The van der Waals surface area contributed by atoms with Crippen molar-refractivity contribution in [3.05, 3.63) is 113 Å². The maximum atomic E-state index is 10.2. The molecule has 5 heterocycles. The van der Waals surface area contributed by atoms with Gasteiger partial charge in [-0.1, -0.05) is 24.3 Å². The van der Waals surface area contributed by atoms with Crippen LogP contribution in [-0.2, 0) is 12.0 Å². The van der Waals surface area contributed by atoms with Gasteiger partial charge in [-0.3, -0.25) is 0 Å². The molecule has 2 bridgehead atoms. The fraction of sp³-hybridized carbons (Fsp3) is 0.208. The number of aliphatic hydroxyl groups is 1. The largest absolute Gasteiger partial charge is 0.472 e. The number of hydrogen-bond donors (Lipinski definition) is 1. The molecule has 0 spiro atoms. The molecule has 4 nitrogen and oxygen atoms in total. The van der Waals surface area contributed by atoms with Crippen LogP contribution in [0.25, 0.3) is 0 Å². The van der Waals surface area contributed by atoms with E-state index in [1.165, 1.54) is 16.8 Å². The quantitative estimate of drug-likeness (QED) is 0.553. The first-order valence-electron chi connectivity index (χ1n) is 9.62. The van der Waals surface area contributed by atoms with Crippen LogP contribution in [0.15, 0.2) is 88.6 Å². The molecule has 0 unspecified atom stereocenters. The Morgan fingerprint density at radius 3 is 2.43 bits per heavy atom. The average molecular weight is 370 g/mol. The molecule has 7 rings (SSSR count). The second-order valence-corrected chi connectivity index (χ2v) is 7.76. The molecule has 1 aromatic carbocycles. The minimum atomic E-state index is -0.301. The topological polar surface area (TPSA) is 50.4 Å². The summed E-state index contributed by atoms with van der Waals surface area (Å²) in [6, 6.07) is 17.1. The fourth-order valence-corrected chi connectivity index (χ4v) is 5.61. The minimum absolute atomic E-state index is 0.0338. The Balaban J connectivity index is 1.74. The van der Waals surface area contributed by atoms with Crippen molar-refractivity contribution in [2.45, 2.75) is 30.4 Å². The van der Waals surface area contributed by atoms with E-state index in [0.717, 1.165) is 23.1 Å². The van der Waals surface area contributed by atoms with Gasteiger partial charge in [-0.15, -0.1) is 0 Å². The molecular weight excluding hydrogens is 350 g/mol. The summed E-state index contributed by atoms with van der Waals surface area (Å²) < 4.78 is 13.5. The van der Waals surface area contributed by atoms with Gasteiger partial charge < -0.3 is 13.9 Å². The minimum Gasteiger partial charge on any atom is -0.472 e. The van der Waals surface area contributed by atoms with Crippen molar-refractivity contribution in [2.24, 2.45) is 0 Å². The van der Waals surface area contributed by atoms with Crippen LogP contribution in [0, 0.1) is 0 Å². The molecule has 3 aliphatic rings. The standard InChI is InChI=1S/C24H20NO3/c26-13-16-4-3-5-19-21-12-24(17-7-10-27-14-17,18-8-11-28-15-18)23(22(16)19)20-6-1-2-9-25(20)21/h1-11,14-15,21,23,26H,12-13H2/q+1/t21-,23-/m0/s1. The maximum Gasteiger partial charge on any atom is 0.190 e. The number of fused-ring (bicyclic) bond motifs is 1. The van der Waals surface area contributed by atoms with Crippen LogP contribution < -0.4 is 4.57 Å². The van der Waals surface area contributed by atoms with Gasteiger partial charge in [0.2, 0.25) is 0 Å². The molecule has 1 N–H and O–H groups in total. The van der Waals surface area contributed by atoms with Crippen LogP contribution in [0.2, 0.25) is 0 Å². The van der Waals surface area contributed by atoms with Gasteiger partial charge in [0.1, 0.15) is 0 Å². The summed E-state index contributed by atoms with van der Waals surface area (Å²) in [7, 11) is 0. The molecule has 2 aliphatic heterocycles. The van der Waals surface area contributed by atoms with Crippen LogP contribution in [0.5, 0.6) is 0 Å². The van der Waals surface area contributed by atoms with Crippen molar-refractivity contribution in [2.75, 3.05) is 0 Å². The van der Waals surface area contributed by atoms with E-state index >= 15 is 0 Å². The summed E-state index contributed by atoms with van der Waals surface area (Å²) in [5.41, 5.74) is 6.81. The first kappa shape index (κ1) is 15.9. The normalized spacial score (nSPS) is 21.3. The predicted octanol–water partition coefficient (Wildman–Crippen LogP) is 4.08. The van der Waals surface area contributed by atoms with Gasteiger partial charge in [0, 0.05) is 35.2 Å². The number of aliphatic hydroxyl groups excluding tert-OH is 1. The van der Waals surface area contributed by atoms with Crippen molar-refractivity contribution >= 4 is 0 Å². The van der Waals surface area contributed by atoms with Gasteiger partial charge in [0.05, 0.1) is 43.0 Å². The highest BCUT2D eigenvalue weighted by atomic mass is 16.3. The third-order valence-corrected chi connectivity index (χ3v) is 6.68. The fourth-order valence-electron chi connectivity index (χ4n) is 5.61. The van der Waals surface area contributed by atoms with Crippen molar-refractivity contribution in [1.82, 2.24) is 0 Å². The Kier molecular flexibility index (Phi) is 3.23. The molecule has 28 heavy (non-hydrogen) atoms. The Morgan fingerprint density at radius 1 is 0.964 bits per heavy atom. The lowest BCUT2D eigenvalue weighted by atomic mass is 9.53. The van der Waals surface area contributed by atoms with Crippen LogP contribution >= 0.6 is 0 Å². The van der Waals surface area contributed by atoms with Crippen molar-refractivity contribution < 1.29 is 18.5 Å². The Morgan fingerprint density at radius 2 is 1.75 bits per heavy atom. The monoisotopic (exact) mass is 370 g/mol. The number of aromatic nitrogens is 1. The van der Waals surface area contributed by atoms with E-state index in [1.807, 2.05) is 18.6 Å². The number of nitrogens with zero attached hydrogens (tertiary/aromatic N) is 1. The second kappa shape index (κ2) is 5.69. The van der Waals surface area contributed by atoms with Gasteiger partial charge in [-0.25, -0.2) is 0 Å². The van der Waals surface area contributed by atoms with E-state index in [-0.39, 0.29) is 24.0 Å². The van der Waals surface area contributed by atoms with E-state index in [4.69, 9.17) is 8.83 Å². The molecule has 138 valence electrons. The molecule has 0 saturated carbocycles. The predicted molar refractivity (Wildman–Crippen MR) is 102 cm³/mol. The van der Waals surface area contributed by atoms with Crippen LogP contribution in [0.3, 0.4) is 0 Å². The lowest BCUT2D eigenvalue weighted by Crippen LogP contribution is -2.60. The SMILES string of the molecule is OCc1cccc2c1[C@@H]1c3cccc[n+]3[C@H]2CC1(c1ccoc1)c1ccoc1. The van der Waals surface area contributed by atoms with E-state index in [1.54, 1.807) is 12.5 Å². The number of furan rings is 2. The van der Waals surface area contributed by atoms with Gasteiger partial charge in [-0.2, -0.15) is 4.57 Å². The summed E-state index contributed by atoms with van der Waals surface area (Å²) in [5, 5.41) is 10.2. The van der Waals surface area contributed by atoms with Crippen LogP contribution in [0.1, 0.15) is 51.9 Å². The molecular formula is C24H20NO3+. The third-order valence-electron chi connectivity index (χ3n) is 6.68. The summed E-state index contributed by atoms with van der Waals surface area (Å²) in [6.07, 6.45) is 10.3. The summed E-state index contributed by atoms with van der Waals surface area (Å²) in [6.45, 7) is 0.0338. The third kappa shape index (κ3) is 1.86.